The standard InChI is InChI=1S/C17H12ClF4N3O/c18-14-4-1-11(8-24-14)25-15-13-3-2-12(7-10(13)5-6-23-15)26-9-17(21,22)16(19)20/h1-8,16H,9H2,(H,23,25). The second-order valence-corrected chi connectivity index (χ2v) is 5.77. The highest BCUT2D eigenvalue weighted by molar-refractivity contribution is 6.29. The van der Waals surface area contributed by atoms with Crippen molar-refractivity contribution >= 4 is 33.9 Å². The SMILES string of the molecule is FC(F)C(F)(F)COc1ccc2c(Nc3ccc(Cl)nc3)nccc2c1. The molecular formula is C17H12ClF4N3O. The van der Waals surface area contributed by atoms with E-state index in [1.807, 2.05) is 0 Å². The molecule has 0 aliphatic heterocycles. The Balaban J connectivity index is 1.82. The molecule has 0 fully saturated rings. The van der Waals surface area contributed by atoms with E-state index in [0.29, 0.717) is 27.4 Å². The van der Waals surface area contributed by atoms with Crippen molar-refractivity contribution in [2.24, 2.45) is 0 Å². The minimum atomic E-state index is -4.21. The summed E-state index contributed by atoms with van der Waals surface area (Å²) in [7, 11) is 0. The molecule has 0 bridgehead atoms. The zero-order valence-electron chi connectivity index (χ0n) is 13.1. The molecule has 0 radical (unpaired) electrons. The molecule has 0 unspecified atom stereocenters. The van der Waals surface area contributed by atoms with Gasteiger partial charge in [-0.05, 0) is 41.8 Å². The van der Waals surface area contributed by atoms with E-state index < -0.39 is 19.0 Å². The van der Waals surface area contributed by atoms with E-state index in [1.165, 1.54) is 24.5 Å². The number of fused-ring (bicyclic) bond motifs is 1. The normalized spacial score (nSPS) is 11.8. The Labute approximate surface area is 150 Å². The molecule has 26 heavy (non-hydrogen) atoms. The summed E-state index contributed by atoms with van der Waals surface area (Å²) in [6.45, 7) is -1.40. The van der Waals surface area contributed by atoms with Gasteiger partial charge in [0.1, 0.15) is 16.7 Å². The third-order valence-corrected chi connectivity index (χ3v) is 3.70. The highest BCUT2D eigenvalue weighted by Crippen LogP contribution is 2.29. The first kappa shape index (κ1) is 18.2. The molecule has 0 saturated heterocycles. The number of nitrogens with one attached hydrogen (secondary N) is 1. The Morgan fingerprint density at radius 2 is 1.92 bits per heavy atom. The quantitative estimate of drug-likeness (QED) is 0.461. The number of nitrogens with zero attached hydrogens (tertiary/aromatic N) is 2. The molecule has 0 amide bonds. The highest BCUT2D eigenvalue weighted by Gasteiger charge is 2.41. The number of benzene rings is 1. The van der Waals surface area contributed by atoms with E-state index in [0.717, 1.165) is 0 Å². The van der Waals surface area contributed by atoms with Crippen LogP contribution in [0, 0.1) is 0 Å². The summed E-state index contributed by atoms with van der Waals surface area (Å²) in [5, 5.41) is 4.75. The number of alkyl halides is 4. The van der Waals surface area contributed by atoms with Crippen LogP contribution in [0.25, 0.3) is 10.8 Å². The number of aromatic nitrogens is 2. The van der Waals surface area contributed by atoms with Crippen molar-refractivity contribution in [3.8, 4) is 5.75 Å². The lowest BCUT2D eigenvalue weighted by Crippen LogP contribution is -2.33. The molecule has 4 nitrogen and oxygen atoms in total. The van der Waals surface area contributed by atoms with Crippen LogP contribution in [-0.2, 0) is 0 Å². The molecule has 136 valence electrons. The fourth-order valence-electron chi connectivity index (χ4n) is 2.17. The number of halogens is 5. The van der Waals surface area contributed by atoms with Crippen LogP contribution in [0.15, 0.2) is 48.8 Å². The Morgan fingerprint density at radius 1 is 1.12 bits per heavy atom. The van der Waals surface area contributed by atoms with Crippen LogP contribution in [-0.4, -0.2) is 28.9 Å². The van der Waals surface area contributed by atoms with Crippen LogP contribution in [0.3, 0.4) is 0 Å². The minimum absolute atomic E-state index is 0.0585. The maximum absolute atomic E-state index is 13.0. The van der Waals surface area contributed by atoms with Gasteiger partial charge in [0, 0.05) is 11.6 Å². The van der Waals surface area contributed by atoms with Gasteiger partial charge in [-0.25, -0.2) is 18.7 Å². The lowest BCUT2D eigenvalue weighted by molar-refractivity contribution is -0.148. The highest BCUT2D eigenvalue weighted by atomic mass is 35.5. The van der Waals surface area contributed by atoms with Gasteiger partial charge in [0.2, 0.25) is 0 Å². The summed E-state index contributed by atoms with van der Waals surface area (Å²) in [5.41, 5.74) is 0.659. The number of pyridine rings is 2. The van der Waals surface area contributed by atoms with Crippen molar-refractivity contribution in [2.75, 3.05) is 11.9 Å². The molecule has 0 spiro atoms. The molecule has 0 aliphatic carbocycles. The van der Waals surface area contributed by atoms with E-state index in [2.05, 4.69) is 15.3 Å². The predicted molar refractivity (Wildman–Crippen MR) is 90.7 cm³/mol. The van der Waals surface area contributed by atoms with Gasteiger partial charge in [-0.1, -0.05) is 11.6 Å². The topological polar surface area (TPSA) is 47.0 Å². The van der Waals surface area contributed by atoms with Crippen molar-refractivity contribution in [2.45, 2.75) is 12.3 Å². The van der Waals surface area contributed by atoms with E-state index in [4.69, 9.17) is 16.3 Å². The van der Waals surface area contributed by atoms with Crippen LogP contribution in [0.5, 0.6) is 5.75 Å². The lowest BCUT2D eigenvalue weighted by atomic mass is 10.1. The van der Waals surface area contributed by atoms with Crippen LogP contribution >= 0.6 is 11.6 Å². The van der Waals surface area contributed by atoms with Gasteiger partial charge in [-0.15, -0.1) is 0 Å². The summed E-state index contributed by atoms with van der Waals surface area (Å²) in [4.78, 5) is 8.18. The van der Waals surface area contributed by atoms with E-state index in [9.17, 15) is 17.6 Å². The van der Waals surface area contributed by atoms with E-state index in [1.54, 1.807) is 24.3 Å². The molecule has 9 heteroatoms. The number of ether oxygens (including phenoxy) is 1. The van der Waals surface area contributed by atoms with Crippen LogP contribution in [0.2, 0.25) is 5.15 Å². The van der Waals surface area contributed by atoms with Gasteiger partial charge in [-0.3, -0.25) is 0 Å². The molecule has 3 aromatic rings. The Kier molecular flexibility index (Phi) is 5.13. The van der Waals surface area contributed by atoms with Gasteiger partial charge < -0.3 is 10.1 Å². The first-order valence-electron chi connectivity index (χ1n) is 7.41. The summed E-state index contributed by atoms with van der Waals surface area (Å²) in [6.07, 6.45) is -0.728. The largest absolute Gasteiger partial charge is 0.487 e. The zero-order valence-corrected chi connectivity index (χ0v) is 13.9. The third kappa shape index (κ3) is 4.13. The predicted octanol–water partition coefficient (Wildman–Crippen LogP) is 5.31. The first-order valence-corrected chi connectivity index (χ1v) is 7.79. The molecule has 1 N–H and O–H groups in total. The lowest BCUT2D eigenvalue weighted by Gasteiger charge is -2.16. The molecule has 2 heterocycles. The smallest absolute Gasteiger partial charge is 0.340 e. The van der Waals surface area contributed by atoms with E-state index in [-0.39, 0.29) is 5.75 Å². The molecular weight excluding hydrogens is 374 g/mol. The summed E-state index contributed by atoms with van der Waals surface area (Å²) < 4.78 is 55.1. The maximum atomic E-state index is 13.0. The average Bonchev–Trinajstić information content (AvgIpc) is 2.62. The fraction of sp³-hybridized carbons (Fsp3) is 0.176. The molecule has 0 saturated carbocycles. The van der Waals surface area contributed by atoms with Crippen LogP contribution in [0.1, 0.15) is 0 Å². The number of anilines is 2. The van der Waals surface area contributed by atoms with Gasteiger partial charge in [0.05, 0.1) is 11.9 Å². The van der Waals surface area contributed by atoms with Crippen LogP contribution < -0.4 is 10.1 Å². The van der Waals surface area contributed by atoms with E-state index >= 15 is 0 Å². The van der Waals surface area contributed by atoms with Gasteiger partial charge >= 0.3 is 12.3 Å². The van der Waals surface area contributed by atoms with Gasteiger partial charge in [0.15, 0.2) is 6.61 Å². The summed E-state index contributed by atoms with van der Waals surface area (Å²) in [6, 6.07) is 9.48. The monoisotopic (exact) mass is 385 g/mol. The van der Waals surface area contributed by atoms with Crippen molar-refractivity contribution < 1.29 is 22.3 Å². The number of hydrogen-bond acceptors (Lipinski definition) is 4. The van der Waals surface area contributed by atoms with Crippen molar-refractivity contribution in [1.82, 2.24) is 9.97 Å². The Morgan fingerprint density at radius 3 is 2.62 bits per heavy atom. The van der Waals surface area contributed by atoms with Gasteiger partial charge in [0.25, 0.3) is 0 Å². The molecule has 0 atom stereocenters. The third-order valence-electron chi connectivity index (χ3n) is 3.48. The second kappa shape index (κ2) is 7.33. The van der Waals surface area contributed by atoms with Crippen molar-refractivity contribution in [3.63, 3.8) is 0 Å². The van der Waals surface area contributed by atoms with Crippen molar-refractivity contribution in [3.05, 3.63) is 53.9 Å². The summed E-state index contributed by atoms with van der Waals surface area (Å²) in [5.74, 6) is -3.64. The number of rotatable bonds is 6. The molecule has 0 aliphatic rings. The van der Waals surface area contributed by atoms with Crippen molar-refractivity contribution in [1.29, 1.82) is 0 Å². The minimum Gasteiger partial charge on any atom is -0.487 e. The van der Waals surface area contributed by atoms with Gasteiger partial charge in [-0.2, -0.15) is 8.78 Å². The maximum Gasteiger partial charge on any atom is 0.340 e. The second-order valence-electron chi connectivity index (χ2n) is 5.39. The molecule has 1 aromatic carbocycles. The molecule has 3 rings (SSSR count). The number of hydrogen-bond donors (Lipinski definition) is 1. The average molecular weight is 386 g/mol. The first-order chi connectivity index (χ1) is 12.3. The fourth-order valence-corrected chi connectivity index (χ4v) is 2.29. The molecule has 2 aromatic heterocycles. The van der Waals surface area contributed by atoms with Crippen LogP contribution in [0.4, 0.5) is 29.1 Å². The zero-order chi connectivity index (χ0) is 18.7. The Hall–Kier alpha value is -2.61. The summed E-state index contributed by atoms with van der Waals surface area (Å²) >= 11 is 5.74. The Bertz CT molecular complexity index is 906.